The van der Waals surface area contributed by atoms with Gasteiger partial charge in [-0.3, -0.25) is 0 Å². The minimum absolute atomic E-state index is 0.696. The summed E-state index contributed by atoms with van der Waals surface area (Å²) in [4.78, 5) is 0. The number of rotatable bonds is 3. The van der Waals surface area contributed by atoms with E-state index in [0.717, 1.165) is 5.57 Å². The van der Waals surface area contributed by atoms with Crippen LogP contribution in [0.4, 0.5) is 0 Å². The van der Waals surface area contributed by atoms with Crippen molar-refractivity contribution in [3.05, 3.63) is 24.3 Å². The molecule has 0 spiro atoms. The van der Waals surface area contributed by atoms with Crippen LogP contribution in [0.2, 0.25) is 0 Å². The molecule has 13 heavy (non-hydrogen) atoms. The van der Waals surface area contributed by atoms with E-state index >= 15 is 0 Å². The third-order valence-electron chi connectivity index (χ3n) is 1.35. The van der Waals surface area contributed by atoms with Crippen molar-refractivity contribution in [1.29, 1.82) is 5.41 Å². The van der Waals surface area contributed by atoms with Gasteiger partial charge in [-0.25, -0.2) is 0 Å². The smallest absolute Gasteiger partial charge is 0.0187 e. The van der Waals surface area contributed by atoms with E-state index in [1.54, 1.807) is 0 Å². The fourth-order valence-electron chi connectivity index (χ4n) is 0.465. The minimum atomic E-state index is 0.696. The maximum atomic E-state index is 5.50. The number of hydrogen-bond acceptors (Lipinski definition) is 1. The highest BCUT2D eigenvalue weighted by atomic mass is 14.2. The van der Waals surface area contributed by atoms with Gasteiger partial charge in [0.25, 0.3) is 0 Å². The Morgan fingerprint density at radius 1 is 1.38 bits per heavy atom. The highest BCUT2D eigenvalue weighted by molar-refractivity contribution is 5.15. The second-order valence-electron chi connectivity index (χ2n) is 2.59. The van der Waals surface area contributed by atoms with Crippen LogP contribution in [0.25, 0.3) is 0 Å². The SMILES string of the molecule is C=C(C)/C=C\C(C)CC.C=N.CC. The quantitative estimate of drug-likeness (QED) is 0.493. The van der Waals surface area contributed by atoms with Crippen molar-refractivity contribution in [1.82, 2.24) is 0 Å². The van der Waals surface area contributed by atoms with Crippen molar-refractivity contribution in [3.8, 4) is 0 Å². The summed E-state index contributed by atoms with van der Waals surface area (Å²) in [5.74, 6) is 0.696. The van der Waals surface area contributed by atoms with E-state index < -0.39 is 0 Å². The van der Waals surface area contributed by atoms with Crippen molar-refractivity contribution in [2.45, 2.75) is 41.0 Å². The van der Waals surface area contributed by atoms with Crippen molar-refractivity contribution < 1.29 is 0 Å². The molecule has 0 aromatic rings. The summed E-state index contributed by atoms with van der Waals surface area (Å²) < 4.78 is 0. The van der Waals surface area contributed by atoms with Crippen LogP contribution in [-0.2, 0) is 0 Å². The van der Waals surface area contributed by atoms with E-state index in [4.69, 9.17) is 5.41 Å². The number of allylic oxidation sites excluding steroid dienone is 3. The maximum absolute atomic E-state index is 5.50. The summed E-state index contributed by atoms with van der Waals surface area (Å²) in [6.45, 7) is 16.7. The zero-order chi connectivity index (χ0) is 11.3. The van der Waals surface area contributed by atoms with Crippen LogP contribution >= 0.6 is 0 Å². The fraction of sp³-hybridized carbons (Fsp3) is 0.583. The molecule has 0 heterocycles. The lowest BCUT2D eigenvalue weighted by molar-refractivity contribution is 0.698. The monoisotopic (exact) mass is 183 g/mol. The molecule has 1 unspecified atom stereocenters. The summed E-state index contributed by atoms with van der Waals surface area (Å²) in [7, 11) is 0. The molecule has 0 aromatic heterocycles. The molecule has 1 N–H and O–H groups in total. The van der Waals surface area contributed by atoms with Gasteiger partial charge in [-0.15, -0.1) is 0 Å². The van der Waals surface area contributed by atoms with E-state index in [-0.39, 0.29) is 0 Å². The van der Waals surface area contributed by atoms with E-state index in [1.807, 2.05) is 20.8 Å². The molecule has 0 aliphatic rings. The zero-order valence-electron chi connectivity index (χ0n) is 9.85. The molecule has 0 fully saturated rings. The fourth-order valence-corrected chi connectivity index (χ4v) is 0.465. The first kappa shape index (κ1) is 18.0. The molecule has 0 saturated carbocycles. The molecule has 1 atom stereocenters. The Balaban J connectivity index is -0.000000218. The summed E-state index contributed by atoms with van der Waals surface area (Å²) in [5, 5.41) is 5.50. The Morgan fingerprint density at radius 3 is 2.00 bits per heavy atom. The molecule has 0 aromatic carbocycles. The molecule has 1 nitrogen and oxygen atoms in total. The van der Waals surface area contributed by atoms with Gasteiger partial charge in [-0.05, 0) is 19.6 Å². The Labute approximate surface area is 84.1 Å². The van der Waals surface area contributed by atoms with E-state index in [9.17, 15) is 0 Å². The lowest BCUT2D eigenvalue weighted by atomic mass is 10.1. The molecule has 0 rings (SSSR count). The highest BCUT2D eigenvalue weighted by Gasteiger charge is 1.88. The van der Waals surface area contributed by atoms with Gasteiger partial charge in [0, 0.05) is 0 Å². The Morgan fingerprint density at radius 2 is 1.77 bits per heavy atom. The van der Waals surface area contributed by atoms with Crippen LogP contribution < -0.4 is 0 Å². The topological polar surface area (TPSA) is 23.9 Å². The second kappa shape index (κ2) is 17.3. The minimum Gasteiger partial charge on any atom is -0.317 e. The molecule has 0 amide bonds. The molecule has 0 aliphatic heterocycles. The summed E-state index contributed by atoms with van der Waals surface area (Å²) in [6, 6.07) is 0. The van der Waals surface area contributed by atoms with Crippen LogP contribution in [0.15, 0.2) is 24.3 Å². The van der Waals surface area contributed by atoms with E-state index in [1.165, 1.54) is 6.42 Å². The Kier molecular flexibility index (Phi) is 24.0. The highest BCUT2D eigenvalue weighted by Crippen LogP contribution is 2.03. The predicted molar refractivity (Wildman–Crippen MR) is 64.6 cm³/mol. The zero-order valence-corrected chi connectivity index (χ0v) is 9.85. The van der Waals surface area contributed by atoms with Crippen LogP contribution in [-0.4, -0.2) is 6.72 Å². The van der Waals surface area contributed by atoms with Gasteiger partial charge >= 0.3 is 0 Å². The van der Waals surface area contributed by atoms with Gasteiger partial charge in [0.2, 0.25) is 0 Å². The number of nitrogens with one attached hydrogen (secondary N) is 1. The van der Waals surface area contributed by atoms with Crippen molar-refractivity contribution in [2.24, 2.45) is 5.92 Å². The third kappa shape index (κ3) is 24.7. The molecule has 0 radical (unpaired) electrons. The average molecular weight is 183 g/mol. The van der Waals surface area contributed by atoms with Crippen LogP contribution in [0.3, 0.4) is 0 Å². The standard InChI is InChI=1S/C9H16.C2H6.CH3N/c1-5-9(4)7-6-8(2)3;2*1-2/h6-7,9H,2,5H2,1,3-4H3;1-2H3;2H,1H2/b7-6-;;. The van der Waals surface area contributed by atoms with Gasteiger partial charge < -0.3 is 5.41 Å². The van der Waals surface area contributed by atoms with Gasteiger partial charge in [-0.2, -0.15) is 0 Å². The Bertz CT molecular complexity index is 125. The molecule has 1 heteroatoms. The van der Waals surface area contributed by atoms with E-state index in [0.29, 0.717) is 5.92 Å². The first-order valence-corrected chi connectivity index (χ1v) is 4.86. The molecular weight excluding hydrogens is 158 g/mol. The summed E-state index contributed by atoms with van der Waals surface area (Å²) >= 11 is 0. The molecule has 0 bridgehead atoms. The van der Waals surface area contributed by atoms with Gasteiger partial charge in [0.15, 0.2) is 0 Å². The normalized spacial score (nSPS) is 10.5. The number of hydrogen-bond donors (Lipinski definition) is 1. The summed E-state index contributed by atoms with van der Waals surface area (Å²) in [5.41, 5.74) is 1.13. The van der Waals surface area contributed by atoms with E-state index in [2.05, 4.69) is 39.3 Å². The molecule has 78 valence electrons. The van der Waals surface area contributed by atoms with Crippen LogP contribution in [0, 0.1) is 11.3 Å². The lowest BCUT2D eigenvalue weighted by Crippen LogP contribution is -1.83. The van der Waals surface area contributed by atoms with Gasteiger partial charge in [0.1, 0.15) is 0 Å². The third-order valence-corrected chi connectivity index (χ3v) is 1.35. The molecule has 0 saturated heterocycles. The van der Waals surface area contributed by atoms with Crippen LogP contribution in [0.5, 0.6) is 0 Å². The van der Waals surface area contributed by atoms with Crippen molar-refractivity contribution >= 4 is 6.72 Å². The first-order valence-electron chi connectivity index (χ1n) is 4.86. The van der Waals surface area contributed by atoms with Crippen molar-refractivity contribution in [3.63, 3.8) is 0 Å². The molecule has 0 aliphatic carbocycles. The Hall–Kier alpha value is -0.850. The maximum Gasteiger partial charge on any atom is -0.0187 e. The molecular formula is C12H25N. The van der Waals surface area contributed by atoms with Crippen molar-refractivity contribution in [2.75, 3.05) is 0 Å². The lowest BCUT2D eigenvalue weighted by Gasteiger charge is -1.97. The second-order valence-corrected chi connectivity index (χ2v) is 2.59. The largest absolute Gasteiger partial charge is 0.317 e. The van der Waals surface area contributed by atoms with Crippen LogP contribution in [0.1, 0.15) is 41.0 Å². The van der Waals surface area contributed by atoms with Gasteiger partial charge in [-0.1, -0.05) is 58.4 Å². The summed E-state index contributed by atoms with van der Waals surface area (Å²) in [6.07, 6.45) is 5.49. The van der Waals surface area contributed by atoms with Gasteiger partial charge in [0.05, 0.1) is 0 Å². The average Bonchev–Trinajstić information content (AvgIpc) is 2.20. The predicted octanol–water partition coefficient (Wildman–Crippen LogP) is 4.46. The first-order chi connectivity index (χ1) is 6.16.